The van der Waals surface area contributed by atoms with Crippen LogP contribution in [0.25, 0.3) is 17.1 Å². The first-order valence-corrected chi connectivity index (χ1v) is 12.6. The van der Waals surface area contributed by atoms with E-state index >= 15 is 0 Å². The number of carbonyl (C=O) groups is 1. The maximum absolute atomic E-state index is 13.3. The number of rotatable bonds is 6. The Kier molecular flexibility index (Phi) is 6.55. The Bertz CT molecular complexity index is 1370. The number of nitrogens with zero attached hydrogens (tertiary/aromatic N) is 5. The van der Waals surface area contributed by atoms with Crippen LogP contribution < -0.4 is 9.64 Å². The van der Waals surface area contributed by atoms with Crippen molar-refractivity contribution in [3.8, 4) is 22.8 Å². The van der Waals surface area contributed by atoms with Crippen LogP contribution in [0.15, 0.2) is 66.1 Å². The Morgan fingerprint density at radius 2 is 1.86 bits per heavy atom. The summed E-state index contributed by atoms with van der Waals surface area (Å²) in [4.78, 5) is 19.3. The number of aromatic nitrogens is 4. The molecule has 0 atom stereocenters. The molecular weight excluding hydrogens is 458 g/mol. The van der Waals surface area contributed by atoms with Crippen molar-refractivity contribution in [2.75, 3.05) is 24.3 Å². The predicted octanol–water partition coefficient (Wildman–Crippen LogP) is 5.03. The molecule has 0 saturated heterocycles. The second-order valence-corrected chi connectivity index (χ2v) is 9.52. The van der Waals surface area contributed by atoms with E-state index in [1.807, 2.05) is 39.8 Å². The number of thioether (sulfide) groups is 1. The Morgan fingerprint density at radius 3 is 2.63 bits per heavy atom. The molecular formula is C27H27N5O2S. The summed E-state index contributed by atoms with van der Waals surface area (Å²) in [6, 6.07) is 16.0. The maximum Gasteiger partial charge on any atom is 0.237 e. The molecule has 0 saturated carbocycles. The molecule has 0 radical (unpaired) electrons. The standard InChI is InChI=1S/C27H27N5O2S/c1-18-6-7-22(15-19(18)2)32-26(20-10-12-28-13-11-20)29-30-27(32)35-17-25(33)31-14-4-5-21-16-23(34-3)8-9-24(21)31/h6-13,15-16H,4-5,14,17H2,1-3H3. The molecule has 2 aromatic heterocycles. The summed E-state index contributed by atoms with van der Waals surface area (Å²) in [7, 11) is 1.66. The molecule has 3 heterocycles. The topological polar surface area (TPSA) is 73.1 Å². The van der Waals surface area contributed by atoms with Crippen LogP contribution in [-0.4, -0.2) is 45.1 Å². The summed E-state index contributed by atoms with van der Waals surface area (Å²) in [5.41, 5.74) is 6.40. The van der Waals surface area contributed by atoms with Crippen molar-refractivity contribution < 1.29 is 9.53 Å². The molecule has 0 aliphatic carbocycles. The van der Waals surface area contributed by atoms with Crippen LogP contribution in [0.3, 0.4) is 0 Å². The number of pyridine rings is 1. The van der Waals surface area contributed by atoms with Crippen LogP contribution in [0, 0.1) is 13.8 Å². The van der Waals surface area contributed by atoms with Crippen molar-refractivity contribution in [3.05, 3.63) is 77.6 Å². The summed E-state index contributed by atoms with van der Waals surface area (Å²) in [5, 5.41) is 9.64. The molecule has 0 N–H and O–H groups in total. The van der Waals surface area contributed by atoms with E-state index in [-0.39, 0.29) is 11.7 Å². The zero-order valence-corrected chi connectivity index (χ0v) is 20.9. The van der Waals surface area contributed by atoms with E-state index in [1.165, 1.54) is 22.9 Å². The Morgan fingerprint density at radius 1 is 1.03 bits per heavy atom. The molecule has 178 valence electrons. The Labute approximate surface area is 209 Å². The first-order valence-electron chi connectivity index (χ1n) is 11.6. The number of ether oxygens (including phenoxy) is 1. The van der Waals surface area contributed by atoms with Gasteiger partial charge in [-0.1, -0.05) is 17.8 Å². The first-order chi connectivity index (χ1) is 17.0. The summed E-state index contributed by atoms with van der Waals surface area (Å²) in [5.74, 6) is 1.87. The zero-order chi connectivity index (χ0) is 24.4. The van der Waals surface area contributed by atoms with E-state index < -0.39 is 0 Å². The van der Waals surface area contributed by atoms with Crippen molar-refractivity contribution in [1.82, 2.24) is 19.7 Å². The number of methoxy groups -OCH3 is 1. The summed E-state index contributed by atoms with van der Waals surface area (Å²) < 4.78 is 7.38. The van der Waals surface area contributed by atoms with E-state index in [4.69, 9.17) is 4.74 Å². The highest BCUT2D eigenvalue weighted by molar-refractivity contribution is 7.99. The van der Waals surface area contributed by atoms with Gasteiger partial charge in [0.05, 0.1) is 18.6 Å². The van der Waals surface area contributed by atoms with Gasteiger partial charge in [0.2, 0.25) is 5.91 Å². The molecule has 35 heavy (non-hydrogen) atoms. The molecule has 1 aliphatic rings. The molecule has 7 nitrogen and oxygen atoms in total. The van der Waals surface area contributed by atoms with E-state index in [0.29, 0.717) is 11.7 Å². The van der Waals surface area contributed by atoms with Gasteiger partial charge in [0.15, 0.2) is 11.0 Å². The van der Waals surface area contributed by atoms with E-state index in [2.05, 4.69) is 47.2 Å². The molecule has 0 fully saturated rings. The van der Waals surface area contributed by atoms with Gasteiger partial charge in [-0.3, -0.25) is 14.3 Å². The summed E-state index contributed by atoms with van der Waals surface area (Å²) in [6.07, 6.45) is 5.36. The molecule has 5 rings (SSSR count). The van der Waals surface area contributed by atoms with Gasteiger partial charge < -0.3 is 9.64 Å². The lowest BCUT2D eigenvalue weighted by atomic mass is 10.0. The molecule has 8 heteroatoms. The average molecular weight is 486 g/mol. The number of fused-ring (bicyclic) bond motifs is 1. The fraction of sp³-hybridized carbons (Fsp3) is 0.259. The molecule has 1 amide bonds. The van der Waals surface area contributed by atoms with Gasteiger partial charge in [0, 0.05) is 30.2 Å². The van der Waals surface area contributed by atoms with Crippen molar-refractivity contribution in [2.24, 2.45) is 0 Å². The van der Waals surface area contributed by atoms with Gasteiger partial charge in [0.1, 0.15) is 5.75 Å². The van der Waals surface area contributed by atoms with E-state index in [1.54, 1.807) is 19.5 Å². The number of anilines is 1. The van der Waals surface area contributed by atoms with Crippen LogP contribution in [0.2, 0.25) is 0 Å². The van der Waals surface area contributed by atoms with Crippen LogP contribution in [-0.2, 0) is 11.2 Å². The lowest BCUT2D eigenvalue weighted by Crippen LogP contribution is -2.36. The predicted molar refractivity (Wildman–Crippen MR) is 138 cm³/mol. The second-order valence-electron chi connectivity index (χ2n) is 8.58. The number of hydrogen-bond acceptors (Lipinski definition) is 6. The summed E-state index contributed by atoms with van der Waals surface area (Å²) >= 11 is 1.41. The third-order valence-electron chi connectivity index (χ3n) is 6.35. The highest BCUT2D eigenvalue weighted by Gasteiger charge is 2.24. The maximum atomic E-state index is 13.3. The number of benzene rings is 2. The first kappa shape index (κ1) is 23.1. The highest BCUT2D eigenvalue weighted by Crippen LogP contribution is 2.33. The van der Waals surface area contributed by atoms with Crippen molar-refractivity contribution in [2.45, 2.75) is 31.8 Å². The van der Waals surface area contributed by atoms with Crippen LogP contribution in [0.1, 0.15) is 23.1 Å². The molecule has 0 spiro atoms. The molecule has 0 unspecified atom stereocenters. The monoisotopic (exact) mass is 485 g/mol. The fourth-order valence-corrected chi connectivity index (χ4v) is 5.14. The Hall–Kier alpha value is -3.65. The van der Waals surface area contributed by atoms with Crippen LogP contribution in [0.4, 0.5) is 5.69 Å². The quantitative estimate of drug-likeness (QED) is 0.357. The van der Waals surface area contributed by atoms with Gasteiger partial charge in [-0.15, -0.1) is 10.2 Å². The minimum absolute atomic E-state index is 0.0567. The SMILES string of the molecule is COc1ccc2c(c1)CCCN2C(=O)CSc1nnc(-c2ccncc2)n1-c1ccc(C)c(C)c1. The third-order valence-corrected chi connectivity index (χ3v) is 7.27. The lowest BCUT2D eigenvalue weighted by Gasteiger charge is -2.29. The molecule has 1 aliphatic heterocycles. The molecule has 0 bridgehead atoms. The minimum atomic E-state index is 0.0567. The largest absolute Gasteiger partial charge is 0.497 e. The van der Waals surface area contributed by atoms with Crippen molar-refractivity contribution in [3.63, 3.8) is 0 Å². The van der Waals surface area contributed by atoms with Crippen molar-refractivity contribution >= 4 is 23.4 Å². The Balaban J connectivity index is 1.44. The van der Waals surface area contributed by atoms with Crippen LogP contribution in [0.5, 0.6) is 5.75 Å². The van der Waals surface area contributed by atoms with E-state index in [0.717, 1.165) is 46.9 Å². The highest BCUT2D eigenvalue weighted by atomic mass is 32.2. The smallest absolute Gasteiger partial charge is 0.237 e. The normalized spacial score (nSPS) is 12.9. The van der Waals surface area contributed by atoms with Crippen LogP contribution >= 0.6 is 11.8 Å². The van der Waals surface area contributed by atoms with Gasteiger partial charge in [-0.05, 0) is 85.8 Å². The molecule has 2 aromatic carbocycles. The number of hydrogen-bond donors (Lipinski definition) is 0. The third kappa shape index (κ3) is 4.66. The van der Waals surface area contributed by atoms with Crippen molar-refractivity contribution in [1.29, 1.82) is 0 Å². The van der Waals surface area contributed by atoms with E-state index in [9.17, 15) is 4.79 Å². The van der Waals surface area contributed by atoms with Gasteiger partial charge in [-0.25, -0.2) is 0 Å². The van der Waals surface area contributed by atoms with Gasteiger partial charge >= 0.3 is 0 Å². The second kappa shape index (κ2) is 9.92. The fourth-order valence-electron chi connectivity index (χ4n) is 4.31. The molecule has 4 aromatic rings. The van der Waals surface area contributed by atoms with Gasteiger partial charge in [0.25, 0.3) is 0 Å². The zero-order valence-electron chi connectivity index (χ0n) is 20.1. The average Bonchev–Trinajstić information content (AvgIpc) is 3.32. The minimum Gasteiger partial charge on any atom is -0.497 e. The number of aryl methyl sites for hydroxylation is 3. The van der Waals surface area contributed by atoms with Gasteiger partial charge in [-0.2, -0.15) is 0 Å². The number of carbonyl (C=O) groups excluding carboxylic acids is 1. The number of amides is 1. The lowest BCUT2D eigenvalue weighted by molar-refractivity contribution is -0.116. The summed E-state index contributed by atoms with van der Waals surface area (Å²) in [6.45, 7) is 4.90.